The zero-order valence-corrected chi connectivity index (χ0v) is 17.5. The highest BCUT2D eigenvalue weighted by Crippen LogP contribution is 2.29. The first-order valence-electron chi connectivity index (χ1n) is 7.45. The number of hydrogen-bond donors (Lipinski definition) is 2. The molecule has 0 radical (unpaired) electrons. The second kappa shape index (κ2) is 9.49. The van der Waals surface area contributed by atoms with Crippen molar-refractivity contribution in [2.75, 3.05) is 7.05 Å². The molecule has 0 saturated heterocycles. The van der Waals surface area contributed by atoms with Gasteiger partial charge in [-0.3, -0.25) is 4.99 Å². The van der Waals surface area contributed by atoms with E-state index in [-0.39, 0.29) is 42.4 Å². The third-order valence-electron chi connectivity index (χ3n) is 3.52. The SMILES string of the molecule is CN=C(NCc1nc(C(F)(F)F)cs1)NC(C)c1ccc(C)c(F)c1.I. The van der Waals surface area contributed by atoms with Gasteiger partial charge in [-0.05, 0) is 31.0 Å². The quantitative estimate of drug-likeness (QED) is 0.277. The first kappa shape index (κ1) is 22.6. The number of nitrogens with one attached hydrogen (secondary N) is 2. The van der Waals surface area contributed by atoms with E-state index in [1.165, 1.54) is 6.07 Å². The van der Waals surface area contributed by atoms with E-state index >= 15 is 0 Å². The maximum absolute atomic E-state index is 13.7. The highest BCUT2D eigenvalue weighted by molar-refractivity contribution is 14.0. The molecule has 2 N–H and O–H groups in total. The van der Waals surface area contributed by atoms with Gasteiger partial charge in [0.05, 0.1) is 12.6 Å². The fourth-order valence-electron chi connectivity index (χ4n) is 2.04. The van der Waals surface area contributed by atoms with Gasteiger partial charge in [0.15, 0.2) is 11.7 Å². The van der Waals surface area contributed by atoms with Crippen LogP contribution >= 0.6 is 35.3 Å². The summed E-state index contributed by atoms with van der Waals surface area (Å²) < 4.78 is 51.3. The minimum Gasteiger partial charge on any atom is -0.350 e. The molecule has 0 spiro atoms. The number of aryl methyl sites for hydroxylation is 1. The smallest absolute Gasteiger partial charge is 0.350 e. The fourth-order valence-corrected chi connectivity index (χ4v) is 2.78. The number of rotatable bonds is 4. The maximum Gasteiger partial charge on any atom is 0.434 e. The fraction of sp³-hybridized carbons (Fsp3) is 0.375. The molecule has 1 atom stereocenters. The number of nitrogens with zero attached hydrogens (tertiary/aromatic N) is 2. The Bertz CT molecular complexity index is 761. The molecule has 144 valence electrons. The number of aromatic nitrogens is 1. The van der Waals surface area contributed by atoms with E-state index in [4.69, 9.17) is 0 Å². The van der Waals surface area contributed by atoms with E-state index in [9.17, 15) is 17.6 Å². The minimum absolute atomic E-state index is 0. The van der Waals surface area contributed by atoms with Crippen LogP contribution in [0.5, 0.6) is 0 Å². The molecule has 0 amide bonds. The van der Waals surface area contributed by atoms with Crippen LogP contribution < -0.4 is 10.6 Å². The Labute approximate surface area is 170 Å². The zero-order valence-electron chi connectivity index (χ0n) is 14.3. The highest BCUT2D eigenvalue weighted by atomic mass is 127. The lowest BCUT2D eigenvalue weighted by molar-refractivity contribution is -0.140. The summed E-state index contributed by atoms with van der Waals surface area (Å²) in [6.07, 6.45) is -4.45. The van der Waals surface area contributed by atoms with Crippen molar-refractivity contribution in [1.82, 2.24) is 15.6 Å². The molecule has 2 aromatic rings. The third-order valence-corrected chi connectivity index (χ3v) is 4.37. The molecule has 0 saturated carbocycles. The van der Waals surface area contributed by atoms with Gasteiger partial charge in [-0.2, -0.15) is 13.2 Å². The monoisotopic (exact) mass is 502 g/mol. The van der Waals surface area contributed by atoms with Gasteiger partial charge in [-0.15, -0.1) is 35.3 Å². The summed E-state index contributed by atoms with van der Waals surface area (Å²) in [7, 11) is 1.54. The second-order valence-electron chi connectivity index (χ2n) is 5.42. The van der Waals surface area contributed by atoms with E-state index < -0.39 is 11.9 Å². The van der Waals surface area contributed by atoms with Gasteiger partial charge in [0.2, 0.25) is 0 Å². The van der Waals surface area contributed by atoms with Crippen molar-refractivity contribution in [2.24, 2.45) is 4.99 Å². The Morgan fingerprint density at radius 1 is 1.35 bits per heavy atom. The second-order valence-corrected chi connectivity index (χ2v) is 6.37. The van der Waals surface area contributed by atoms with Crippen LogP contribution in [0.4, 0.5) is 17.6 Å². The number of halogens is 5. The molecule has 10 heteroatoms. The first-order chi connectivity index (χ1) is 11.7. The number of benzene rings is 1. The molecule has 0 aliphatic rings. The molecular weight excluding hydrogens is 483 g/mol. The Hall–Kier alpha value is -1.43. The van der Waals surface area contributed by atoms with Crippen LogP contribution in [0.15, 0.2) is 28.6 Å². The third kappa shape index (κ3) is 6.08. The average molecular weight is 502 g/mol. The topological polar surface area (TPSA) is 49.3 Å². The molecular formula is C16H19F4IN4S. The summed E-state index contributed by atoms with van der Waals surface area (Å²) in [5.74, 6) is 0.0915. The Balaban J connectivity index is 0.00000338. The van der Waals surface area contributed by atoms with Gasteiger partial charge in [0.1, 0.15) is 10.8 Å². The lowest BCUT2D eigenvalue weighted by Crippen LogP contribution is -2.38. The zero-order chi connectivity index (χ0) is 18.6. The molecule has 1 aromatic heterocycles. The van der Waals surface area contributed by atoms with Gasteiger partial charge < -0.3 is 10.6 Å². The van der Waals surface area contributed by atoms with Crippen LogP contribution in [-0.2, 0) is 12.7 Å². The van der Waals surface area contributed by atoms with E-state index in [2.05, 4.69) is 20.6 Å². The normalized spacial score (nSPS) is 13.1. The van der Waals surface area contributed by atoms with Gasteiger partial charge >= 0.3 is 6.18 Å². The molecule has 0 bridgehead atoms. The number of alkyl halides is 3. The van der Waals surface area contributed by atoms with Gasteiger partial charge in [-0.1, -0.05) is 12.1 Å². The summed E-state index contributed by atoms with van der Waals surface area (Å²) in [6.45, 7) is 3.62. The van der Waals surface area contributed by atoms with E-state index in [0.717, 1.165) is 22.3 Å². The molecule has 1 aromatic carbocycles. The van der Waals surface area contributed by atoms with Crippen LogP contribution in [0.2, 0.25) is 0 Å². The van der Waals surface area contributed by atoms with Crippen molar-refractivity contribution in [3.63, 3.8) is 0 Å². The first-order valence-corrected chi connectivity index (χ1v) is 8.33. The van der Waals surface area contributed by atoms with Gasteiger partial charge in [0, 0.05) is 12.4 Å². The standard InChI is InChI=1S/C16H18F4N4S.HI/c1-9-4-5-11(6-12(9)17)10(2)23-15(21-3)22-7-14-24-13(8-25-14)16(18,19)20;/h4-6,8,10H,7H2,1-3H3,(H2,21,22,23);1H. The number of thiazole rings is 1. The lowest BCUT2D eigenvalue weighted by atomic mass is 10.1. The van der Waals surface area contributed by atoms with Crippen molar-refractivity contribution >= 4 is 41.3 Å². The van der Waals surface area contributed by atoms with Gasteiger partial charge in [-0.25, -0.2) is 9.37 Å². The summed E-state index contributed by atoms with van der Waals surface area (Å²) >= 11 is 0.922. The van der Waals surface area contributed by atoms with Crippen LogP contribution in [0.3, 0.4) is 0 Å². The molecule has 1 unspecified atom stereocenters. The number of hydrogen-bond acceptors (Lipinski definition) is 3. The van der Waals surface area contributed by atoms with Crippen LogP contribution in [-0.4, -0.2) is 18.0 Å². The number of guanidine groups is 1. The van der Waals surface area contributed by atoms with Crippen LogP contribution in [0, 0.1) is 12.7 Å². The molecule has 2 rings (SSSR count). The molecule has 1 heterocycles. The molecule has 0 aliphatic heterocycles. The van der Waals surface area contributed by atoms with Crippen LogP contribution in [0.25, 0.3) is 0 Å². The van der Waals surface area contributed by atoms with Crippen molar-refractivity contribution < 1.29 is 17.6 Å². The lowest BCUT2D eigenvalue weighted by Gasteiger charge is -2.18. The predicted molar refractivity (Wildman–Crippen MR) is 105 cm³/mol. The summed E-state index contributed by atoms with van der Waals surface area (Å²) in [6, 6.07) is 4.70. The largest absolute Gasteiger partial charge is 0.434 e. The highest BCUT2D eigenvalue weighted by Gasteiger charge is 2.33. The summed E-state index contributed by atoms with van der Waals surface area (Å²) in [4.78, 5) is 7.56. The van der Waals surface area contributed by atoms with Crippen molar-refractivity contribution in [3.05, 3.63) is 51.2 Å². The van der Waals surface area contributed by atoms with Gasteiger partial charge in [0.25, 0.3) is 0 Å². The molecule has 26 heavy (non-hydrogen) atoms. The van der Waals surface area contributed by atoms with Crippen molar-refractivity contribution in [3.8, 4) is 0 Å². The maximum atomic E-state index is 13.7. The summed E-state index contributed by atoms with van der Waals surface area (Å²) in [5, 5.41) is 7.24. The molecule has 4 nitrogen and oxygen atoms in total. The average Bonchev–Trinajstić information content (AvgIpc) is 3.03. The summed E-state index contributed by atoms with van der Waals surface area (Å²) in [5.41, 5.74) is 0.392. The van der Waals surface area contributed by atoms with Crippen LogP contribution in [0.1, 0.15) is 34.8 Å². The molecule has 0 aliphatic carbocycles. The van der Waals surface area contributed by atoms with E-state index in [1.807, 2.05) is 6.92 Å². The van der Waals surface area contributed by atoms with Crippen molar-refractivity contribution in [2.45, 2.75) is 32.6 Å². The molecule has 0 fully saturated rings. The predicted octanol–water partition coefficient (Wildman–Crippen LogP) is 4.65. The van der Waals surface area contributed by atoms with E-state index in [1.54, 1.807) is 26.1 Å². The van der Waals surface area contributed by atoms with Crippen molar-refractivity contribution in [1.29, 1.82) is 0 Å². The Morgan fingerprint density at radius 3 is 2.58 bits per heavy atom. The Morgan fingerprint density at radius 2 is 2.04 bits per heavy atom. The van der Waals surface area contributed by atoms with E-state index in [0.29, 0.717) is 16.5 Å². The minimum atomic E-state index is -4.45. The number of aliphatic imine (C=N–C) groups is 1. The Kier molecular flexibility index (Phi) is 8.25.